The van der Waals surface area contributed by atoms with Crippen LogP contribution in [0.2, 0.25) is 0 Å². The standard InChI is InChI=1S/C28H45Cl/c1-3-5-6-8-23-9-15-25(16-10-23)26-17-13-24(14-18-26)21-28(29)27-19-11-22(7-4-2)12-20-27/h13-14,17-18,22-23,25,27-28H,3-12,15-16,19-21H2,1-2H3/t22-,23-,25-,27-,28?. The number of unbranched alkanes of at least 4 members (excludes halogenated alkanes) is 2. The van der Waals surface area contributed by atoms with Crippen molar-refractivity contribution in [2.75, 3.05) is 0 Å². The van der Waals surface area contributed by atoms with Crippen molar-refractivity contribution in [1.82, 2.24) is 0 Å². The van der Waals surface area contributed by atoms with Crippen molar-refractivity contribution in [3.05, 3.63) is 35.4 Å². The molecule has 0 saturated heterocycles. The molecule has 0 heterocycles. The van der Waals surface area contributed by atoms with Crippen molar-refractivity contribution in [2.24, 2.45) is 17.8 Å². The normalized spacial score (nSPS) is 28.9. The Bertz CT molecular complexity index is 546. The molecule has 29 heavy (non-hydrogen) atoms. The molecule has 0 radical (unpaired) electrons. The van der Waals surface area contributed by atoms with E-state index in [-0.39, 0.29) is 0 Å². The maximum atomic E-state index is 6.88. The summed E-state index contributed by atoms with van der Waals surface area (Å²) in [7, 11) is 0. The lowest BCUT2D eigenvalue weighted by atomic mass is 9.76. The summed E-state index contributed by atoms with van der Waals surface area (Å²) in [6, 6.07) is 9.58. The topological polar surface area (TPSA) is 0 Å². The molecule has 2 aliphatic carbocycles. The van der Waals surface area contributed by atoms with Crippen LogP contribution in [0.15, 0.2) is 24.3 Å². The van der Waals surface area contributed by atoms with Crippen molar-refractivity contribution < 1.29 is 0 Å². The molecule has 1 aromatic rings. The van der Waals surface area contributed by atoms with Crippen LogP contribution in [0.1, 0.15) is 121 Å². The monoisotopic (exact) mass is 416 g/mol. The van der Waals surface area contributed by atoms with Crippen LogP contribution >= 0.6 is 11.6 Å². The first-order valence-corrected chi connectivity index (χ1v) is 13.4. The lowest BCUT2D eigenvalue weighted by Crippen LogP contribution is -2.23. The van der Waals surface area contributed by atoms with Crippen LogP contribution in [0.4, 0.5) is 0 Å². The molecule has 2 aliphatic rings. The highest BCUT2D eigenvalue weighted by molar-refractivity contribution is 6.20. The summed E-state index contributed by atoms with van der Waals surface area (Å²) in [5.74, 6) is 3.50. The zero-order valence-corrected chi connectivity index (χ0v) is 19.9. The van der Waals surface area contributed by atoms with Gasteiger partial charge in [-0.05, 0) is 79.7 Å². The van der Waals surface area contributed by atoms with Crippen molar-refractivity contribution in [3.8, 4) is 0 Å². The second kappa shape index (κ2) is 12.4. The Labute approximate surface area is 186 Å². The molecule has 2 fully saturated rings. The Hall–Kier alpha value is -0.490. The SMILES string of the molecule is CCCCC[C@H]1CC[C@H](c2ccc(CC(Cl)[C@H]3CC[C@H](CCC)CC3)cc2)CC1. The van der Waals surface area contributed by atoms with Gasteiger partial charge in [-0.3, -0.25) is 0 Å². The molecule has 0 bridgehead atoms. The van der Waals surface area contributed by atoms with Crippen molar-refractivity contribution in [2.45, 2.75) is 121 Å². The number of hydrogen-bond acceptors (Lipinski definition) is 0. The van der Waals surface area contributed by atoms with Gasteiger partial charge in [0.05, 0.1) is 0 Å². The summed E-state index contributed by atoms with van der Waals surface area (Å²) < 4.78 is 0. The van der Waals surface area contributed by atoms with E-state index in [1.54, 1.807) is 5.56 Å². The predicted molar refractivity (Wildman–Crippen MR) is 129 cm³/mol. The fraction of sp³-hybridized carbons (Fsp3) is 0.786. The van der Waals surface area contributed by atoms with Crippen LogP contribution in [-0.4, -0.2) is 5.38 Å². The molecule has 0 nitrogen and oxygen atoms in total. The summed E-state index contributed by atoms with van der Waals surface area (Å²) in [4.78, 5) is 0. The molecule has 0 spiro atoms. The van der Waals surface area contributed by atoms with Crippen molar-refractivity contribution in [3.63, 3.8) is 0 Å². The highest BCUT2D eigenvalue weighted by Crippen LogP contribution is 2.39. The highest BCUT2D eigenvalue weighted by atomic mass is 35.5. The maximum Gasteiger partial charge on any atom is 0.0404 e. The van der Waals surface area contributed by atoms with E-state index in [2.05, 4.69) is 38.1 Å². The minimum Gasteiger partial charge on any atom is -0.122 e. The van der Waals surface area contributed by atoms with Gasteiger partial charge in [-0.25, -0.2) is 0 Å². The molecule has 1 aromatic carbocycles. The molecule has 1 unspecified atom stereocenters. The minimum absolute atomic E-state index is 0.321. The molecule has 2 saturated carbocycles. The van der Waals surface area contributed by atoms with Gasteiger partial charge in [-0.1, -0.05) is 89.5 Å². The van der Waals surface area contributed by atoms with Gasteiger partial charge in [0, 0.05) is 5.38 Å². The van der Waals surface area contributed by atoms with Crippen LogP contribution < -0.4 is 0 Å². The molecule has 0 aromatic heterocycles. The zero-order valence-electron chi connectivity index (χ0n) is 19.2. The Morgan fingerprint density at radius 3 is 2.00 bits per heavy atom. The Morgan fingerprint density at radius 2 is 1.38 bits per heavy atom. The maximum absolute atomic E-state index is 6.88. The lowest BCUT2D eigenvalue weighted by Gasteiger charge is -2.31. The third-order valence-electron chi connectivity index (χ3n) is 8.04. The van der Waals surface area contributed by atoms with Gasteiger partial charge >= 0.3 is 0 Å². The Balaban J connectivity index is 1.41. The smallest absolute Gasteiger partial charge is 0.0404 e. The second-order valence-corrected chi connectivity index (χ2v) is 10.8. The van der Waals surface area contributed by atoms with E-state index >= 15 is 0 Å². The molecule has 0 amide bonds. The van der Waals surface area contributed by atoms with Crippen LogP contribution in [0.3, 0.4) is 0 Å². The average molecular weight is 417 g/mol. The Morgan fingerprint density at radius 1 is 0.759 bits per heavy atom. The third kappa shape index (κ3) is 7.30. The first kappa shape index (κ1) is 23.2. The predicted octanol–water partition coefficient (Wildman–Crippen LogP) is 9.30. The summed E-state index contributed by atoms with van der Waals surface area (Å²) in [6.07, 6.45) is 20.7. The van der Waals surface area contributed by atoms with E-state index in [9.17, 15) is 0 Å². The molecule has 0 aliphatic heterocycles. The van der Waals surface area contributed by atoms with Crippen molar-refractivity contribution >= 4 is 11.6 Å². The summed E-state index contributed by atoms with van der Waals surface area (Å²) in [6.45, 7) is 4.63. The number of benzene rings is 1. The number of rotatable bonds is 10. The van der Waals surface area contributed by atoms with Gasteiger partial charge in [0.2, 0.25) is 0 Å². The minimum atomic E-state index is 0.321. The van der Waals surface area contributed by atoms with Crippen LogP contribution in [0, 0.1) is 17.8 Å². The van der Waals surface area contributed by atoms with Gasteiger partial charge in [-0.15, -0.1) is 11.6 Å². The number of alkyl halides is 1. The van der Waals surface area contributed by atoms with E-state index in [1.807, 2.05) is 0 Å². The largest absolute Gasteiger partial charge is 0.122 e. The molecular formula is C28H45Cl. The van der Waals surface area contributed by atoms with Gasteiger partial charge < -0.3 is 0 Å². The summed E-state index contributed by atoms with van der Waals surface area (Å²) >= 11 is 6.88. The van der Waals surface area contributed by atoms with E-state index in [0.717, 1.165) is 30.1 Å². The van der Waals surface area contributed by atoms with Crippen LogP contribution in [-0.2, 0) is 6.42 Å². The molecule has 0 N–H and O–H groups in total. The van der Waals surface area contributed by atoms with E-state index in [0.29, 0.717) is 5.38 Å². The molecular weight excluding hydrogens is 372 g/mol. The fourth-order valence-electron chi connectivity index (χ4n) is 6.03. The first-order valence-electron chi connectivity index (χ1n) is 12.9. The zero-order chi connectivity index (χ0) is 20.5. The van der Waals surface area contributed by atoms with Gasteiger partial charge in [0.25, 0.3) is 0 Å². The van der Waals surface area contributed by atoms with E-state index < -0.39 is 0 Å². The van der Waals surface area contributed by atoms with Gasteiger partial charge in [-0.2, -0.15) is 0 Å². The fourth-order valence-corrected chi connectivity index (χ4v) is 6.46. The van der Waals surface area contributed by atoms with E-state index in [1.165, 1.54) is 95.5 Å². The first-order chi connectivity index (χ1) is 14.2. The summed E-state index contributed by atoms with van der Waals surface area (Å²) in [5.41, 5.74) is 3.02. The lowest BCUT2D eigenvalue weighted by molar-refractivity contribution is 0.255. The van der Waals surface area contributed by atoms with E-state index in [4.69, 9.17) is 11.6 Å². The van der Waals surface area contributed by atoms with Gasteiger partial charge in [0.1, 0.15) is 0 Å². The molecule has 164 valence electrons. The number of hydrogen-bond donors (Lipinski definition) is 0. The third-order valence-corrected chi connectivity index (χ3v) is 8.56. The van der Waals surface area contributed by atoms with Crippen LogP contribution in [0.5, 0.6) is 0 Å². The highest BCUT2D eigenvalue weighted by Gasteiger charge is 2.26. The quantitative estimate of drug-likeness (QED) is 0.263. The average Bonchev–Trinajstić information content (AvgIpc) is 2.76. The Kier molecular flexibility index (Phi) is 9.90. The van der Waals surface area contributed by atoms with Crippen LogP contribution in [0.25, 0.3) is 0 Å². The second-order valence-electron chi connectivity index (χ2n) is 10.2. The molecule has 1 heteroatoms. The molecule has 1 atom stereocenters. The van der Waals surface area contributed by atoms with Gasteiger partial charge in [0.15, 0.2) is 0 Å². The van der Waals surface area contributed by atoms with Crippen molar-refractivity contribution in [1.29, 1.82) is 0 Å². The molecule has 3 rings (SSSR count). The summed E-state index contributed by atoms with van der Waals surface area (Å²) in [5, 5.41) is 0.321. The number of halogens is 1.